The highest BCUT2D eigenvalue weighted by molar-refractivity contribution is 7.99. The number of para-hydroxylation sites is 1. The fourth-order valence-electron chi connectivity index (χ4n) is 4.73. The molecule has 2 heterocycles. The van der Waals surface area contributed by atoms with Gasteiger partial charge in [-0.2, -0.15) is 0 Å². The molecule has 1 saturated heterocycles. The van der Waals surface area contributed by atoms with Gasteiger partial charge in [0, 0.05) is 62.6 Å². The molecular weight excluding hydrogens is 398 g/mol. The second-order valence-electron chi connectivity index (χ2n) is 8.48. The van der Waals surface area contributed by atoms with E-state index >= 15 is 0 Å². The van der Waals surface area contributed by atoms with Crippen molar-refractivity contribution in [3.8, 4) is 0 Å². The summed E-state index contributed by atoms with van der Waals surface area (Å²) in [5, 5.41) is 0. The highest BCUT2D eigenvalue weighted by atomic mass is 32.2. The minimum absolute atomic E-state index is 0.0153. The molecule has 3 amide bonds. The number of hydrogen-bond acceptors (Lipinski definition) is 4. The molecule has 6 nitrogen and oxygen atoms in total. The number of amides is 3. The third-order valence-electron chi connectivity index (χ3n) is 6.51. The Morgan fingerprint density at radius 1 is 0.833 bits per heavy atom. The van der Waals surface area contributed by atoms with E-state index in [4.69, 9.17) is 0 Å². The van der Waals surface area contributed by atoms with Crippen LogP contribution in [0.2, 0.25) is 0 Å². The van der Waals surface area contributed by atoms with Crippen LogP contribution in [0.25, 0.3) is 0 Å². The van der Waals surface area contributed by atoms with Gasteiger partial charge in [-0.3, -0.25) is 14.4 Å². The third kappa shape index (κ3) is 4.99. The van der Waals surface area contributed by atoms with Gasteiger partial charge >= 0.3 is 0 Å². The molecule has 7 heteroatoms. The first-order chi connectivity index (χ1) is 14.6. The molecule has 1 aromatic carbocycles. The Hall–Kier alpha value is -2.02. The van der Waals surface area contributed by atoms with Crippen molar-refractivity contribution in [2.24, 2.45) is 5.92 Å². The number of anilines is 1. The van der Waals surface area contributed by atoms with Crippen molar-refractivity contribution < 1.29 is 14.4 Å². The van der Waals surface area contributed by atoms with E-state index in [1.54, 1.807) is 11.8 Å². The first-order valence-corrected chi connectivity index (χ1v) is 12.2. The van der Waals surface area contributed by atoms with Crippen LogP contribution in [-0.4, -0.2) is 66.0 Å². The zero-order valence-electron chi connectivity index (χ0n) is 17.6. The SMILES string of the molecule is O=C(CCC(=O)N1CCSc2ccccc21)N1CCN(C(=O)CC2CCCC2)CC1. The average Bonchev–Trinajstić information content (AvgIpc) is 3.30. The van der Waals surface area contributed by atoms with Gasteiger partial charge < -0.3 is 14.7 Å². The minimum atomic E-state index is 0.0153. The highest BCUT2D eigenvalue weighted by Gasteiger charge is 2.28. The zero-order valence-corrected chi connectivity index (χ0v) is 18.4. The molecule has 0 atom stereocenters. The lowest BCUT2D eigenvalue weighted by Crippen LogP contribution is -2.51. The number of carbonyl (C=O) groups is 3. The minimum Gasteiger partial charge on any atom is -0.339 e. The van der Waals surface area contributed by atoms with Gasteiger partial charge in [0.2, 0.25) is 17.7 Å². The fraction of sp³-hybridized carbons (Fsp3) is 0.609. The summed E-state index contributed by atoms with van der Waals surface area (Å²) in [4.78, 5) is 44.5. The summed E-state index contributed by atoms with van der Waals surface area (Å²) in [5.41, 5.74) is 0.959. The van der Waals surface area contributed by atoms with E-state index in [0.29, 0.717) is 45.1 Å². The summed E-state index contributed by atoms with van der Waals surface area (Å²) >= 11 is 1.77. The number of carbonyl (C=O) groups excluding carboxylic acids is 3. The Labute approximate surface area is 183 Å². The number of rotatable bonds is 5. The van der Waals surface area contributed by atoms with Crippen LogP contribution in [0.4, 0.5) is 5.69 Å². The smallest absolute Gasteiger partial charge is 0.227 e. The van der Waals surface area contributed by atoms with Gasteiger partial charge in [0.25, 0.3) is 0 Å². The van der Waals surface area contributed by atoms with Crippen molar-refractivity contribution in [3.63, 3.8) is 0 Å². The van der Waals surface area contributed by atoms with E-state index in [-0.39, 0.29) is 30.6 Å². The molecule has 0 N–H and O–H groups in total. The molecule has 2 aliphatic heterocycles. The van der Waals surface area contributed by atoms with Crippen molar-refractivity contribution >= 4 is 35.2 Å². The molecule has 162 valence electrons. The zero-order chi connectivity index (χ0) is 20.9. The monoisotopic (exact) mass is 429 g/mol. The Balaban J connectivity index is 1.22. The van der Waals surface area contributed by atoms with Crippen molar-refractivity contribution in [2.45, 2.75) is 49.8 Å². The summed E-state index contributed by atoms with van der Waals surface area (Å²) in [6, 6.07) is 7.95. The van der Waals surface area contributed by atoms with Crippen LogP contribution in [-0.2, 0) is 14.4 Å². The second kappa shape index (κ2) is 9.86. The standard InChI is InChI=1S/C23H31N3O3S/c27-21(9-10-22(28)26-15-16-30-20-8-4-3-7-19(20)26)24-11-13-25(14-12-24)23(29)17-18-5-1-2-6-18/h3-4,7-8,18H,1-2,5-6,9-17H2. The number of nitrogens with zero attached hydrogens (tertiary/aromatic N) is 3. The lowest BCUT2D eigenvalue weighted by atomic mass is 10.0. The Morgan fingerprint density at radius 3 is 2.20 bits per heavy atom. The summed E-state index contributed by atoms with van der Waals surface area (Å²) in [7, 11) is 0. The Kier molecular flexibility index (Phi) is 6.97. The third-order valence-corrected chi connectivity index (χ3v) is 7.55. The van der Waals surface area contributed by atoms with Crippen molar-refractivity contribution in [3.05, 3.63) is 24.3 Å². The molecule has 0 spiro atoms. The van der Waals surface area contributed by atoms with Crippen molar-refractivity contribution in [1.29, 1.82) is 0 Å². The van der Waals surface area contributed by atoms with Crippen LogP contribution < -0.4 is 4.90 Å². The number of thioether (sulfide) groups is 1. The highest BCUT2D eigenvalue weighted by Crippen LogP contribution is 2.34. The van der Waals surface area contributed by atoms with Gasteiger partial charge in [-0.1, -0.05) is 25.0 Å². The molecule has 1 aromatic rings. The number of fused-ring (bicyclic) bond motifs is 1. The lowest BCUT2D eigenvalue weighted by Gasteiger charge is -2.35. The molecule has 1 saturated carbocycles. The molecule has 0 radical (unpaired) electrons. The van der Waals surface area contributed by atoms with E-state index < -0.39 is 0 Å². The lowest BCUT2D eigenvalue weighted by molar-refractivity contribution is -0.140. The number of hydrogen-bond donors (Lipinski definition) is 0. The number of benzene rings is 1. The fourth-order valence-corrected chi connectivity index (χ4v) is 5.73. The molecule has 30 heavy (non-hydrogen) atoms. The maximum atomic E-state index is 12.7. The molecule has 0 aromatic heterocycles. The van der Waals surface area contributed by atoms with E-state index in [2.05, 4.69) is 0 Å². The molecule has 0 unspecified atom stereocenters. The predicted molar refractivity (Wildman–Crippen MR) is 118 cm³/mol. The van der Waals surface area contributed by atoms with E-state index in [1.807, 2.05) is 39.0 Å². The molecule has 4 rings (SSSR count). The molecule has 2 fully saturated rings. The summed E-state index contributed by atoms with van der Waals surface area (Å²) in [5.74, 6) is 1.72. The quantitative estimate of drug-likeness (QED) is 0.721. The van der Waals surface area contributed by atoms with E-state index in [0.717, 1.165) is 16.3 Å². The van der Waals surface area contributed by atoms with Gasteiger partial charge in [0.15, 0.2) is 0 Å². The van der Waals surface area contributed by atoms with Crippen molar-refractivity contribution in [2.75, 3.05) is 43.4 Å². The number of piperazine rings is 1. The normalized spacial score (nSPS) is 19.7. The summed E-state index contributed by atoms with van der Waals surface area (Å²) in [6.07, 6.45) is 6.00. The van der Waals surface area contributed by atoms with Crippen LogP contribution in [0.5, 0.6) is 0 Å². The molecule has 3 aliphatic rings. The van der Waals surface area contributed by atoms with Crippen LogP contribution in [0.15, 0.2) is 29.2 Å². The predicted octanol–water partition coefficient (Wildman–Crippen LogP) is 3.16. The van der Waals surface area contributed by atoms with Crippen LogP contribution in [0, 0.1) is 5.92 Å². The van der Waals surface area contributed by atoms with Crippen LogP contribution in [0.1, 0.15) is 44.9 Å². The Bertz CT molecular complexity index is 786. The van der Waals surface area contributed by atoms with Gasteiger partial charge in [0.1, 0.15) is 0 Å². The average molecular weight is 430 g/mol. The van der Waals surface area contributed by atoms with E-state index in [9.17, 15) is 14.4 Å². The Morgan fingerprint density at radius 2 is 1.47 bits per heavy atom. The van der Waals surface area contributed by atoms with E-state index in [1.165, 1.54) is 25.7 Å². The maximum absolute atomic E-state index is 12.7. The molecule has 1 aliphatic carbocycles. The summed E-state index contributed by atoms with van der Waals surface area (Å²) < 4.78 is 0. The van der Waals surface area contributed by atoms with Gasteiger partial charge in [-0.05, 0) is 30.9 Å². The topological polar surface area (TPSA) is 60.9 Å². The molecule has 0 bridgehead atoms. The van der Waals surface area contributed by atoms with Gasteiger partial charge in [-0.15, -0.1) is 11.8 Å². The van der Waals surface area contributed by atoms with Crippen LogP contribution in [0.3, 0.4) is 0 Å². The second-order valence-corrected chi connectivity index (χ2v) is 9.61. The van der Waals surface area contributed by atoms with Gasteiger partial charge in [0.05, 0.1) is 5.69 Å². The van der Waals surface area contributed by atoms with Gasteiger partial charge in [-0.25, -0.2) is 0 Å². The first kappa shape index (κ1) is 21.2. The summed E-state index contributed by atoms with van der Waals surface area (Å²) in [6.45, 7) is 3.07. The van der Waals surface area contributed by atoms with Crippen molar-refractivity contribution in [1.82, 2.24) is 9.80 Å². The first-order valence-electron chi connectivity index (χ1n) is 11.2. The van der Waals surface area contributed by atoms with Crippen LogP contribution >= 0.6 is 11.8 Å². The molecular formula is C23H31N3O3S. The largest absolute Gasteiger partial charge is 0.339 e. The maximum Gasteiger partial charge on any atom is 0.227 e.